The molecule has 1 atom stereocenters. The van der Waals surface area contributed by atoms with E-state index in [0.29, 0.717) is 23.9 Å². The third-order valence-electron chi connectivity index (χ3n) is 6.62. The first kappa shape index (κ1) is 19.5. The van der Waals surface area contributed by atoms with E-state index in [9.17, 15) is 13.6 Å². The van der Waals surface area contributed by atoms with Crippen LogP contribution < -0.4 is 20.4 Å². The summed E-state index contributed by atoms with van der Waals surface area (Å²) >= 11 is 0. The molecular formula is C22H26F2N4O2. The molecule has 0 bridgehead atoms. The fourth-order valence-electron chi connectivity index (χ4n) is 4.88. The van der Waals surface area contributed by atoms with Crippen LogP contribution in [0.3, 0.4) is 0 Å². The topological polar surface area (TPSA) is 66.0 Å². The molecule has 6 nitrogen and oxygen atoms in total. The van der Waals surface area contributed by atoms with Crippen molar-refractivity contribution in [2.45, 2.75) is 56.9 Å². The average Bonchev–Trinajstić information content (AvgIpc) is 2.76. The van der Waals surface area contributed by atoms with Gasteiger partial charge in [-0.15, -0.1) is 0 Å². The minimum Gasteiger partial charge on any atom is -0.483 e. The van der Waals surface area contributed by atoms with Crippen LogP contribution in [-0.2, 0) is 4.79 Å². The van der Waals surface area contributed by atoms with Gasteiger partial charge < -0.3 is 15.0 Å². The molecule has 1 fully saturated rings. The van der Waals surface area contributed by atoms with Gasteiger partial charge in [0.2, 0.25) is 0 Å². The number of alkyl halides is 2. The zero-order valence-electron chi connectivity index (χ0n) is 17.0. The van der Waals surface area contributed by atoms with Crippen LogP contribution in [0, 0.1) is 0 Å². The van der Waals surface area contributed by atoms with Gasteiger partial charge in [0.05, 0.1) is 5.69 Å². The van der Waals surface area contributed by atoms with Gasteiger partial charge in [0.25, 0.3) is 11.8 Å². The number of halogens is 2. The average molecular weight is 416 g/mol. The van der Waals surface area contributed by atoms with E-state index in [-0.39, 0.29) is 31.4 Å². The standard InChI is InChI=1S/C22H26F2N4O2/c1-13-21(29)27-26-20-12-30-19-11-17(14-2-6-22(23,24)7-3-14)16(10-18(19)28(13)20)15-4-8-25-9-5-15/h2,10-11,13,15,25H,3-9,12H2,1H3,(H,27,29). The summed E-state index contributed by atoms with van der Waals surface area (Å²) < 4.78 is 33.5. The lowest BCUT2D eigenvalue weighted by molar-refractivity contribution is -0.122. The van der Waals surface area contributed by atoms with Gasteiger partial charge in [-0.3, -0.25) is 4.79 Å². The number of hydrazone groups is 1. The number of nitrogens with zero attached hydrogens (tertiary/aromatic N) is 2. The van der Waals surface area contributed by atoms with E-state index in [1.165, 1.54) is 0 Å². The monoisotopic (exact) mass is 416 g/mol. The van der Waals surface area contributed by atoms with Crippen molar-refractivity contribution in [1.82, 2.24) is 10.7 Å². The zero-order valence-corrected chi connectivity index (χ0v) is 17.0. The molecule has 1 unspecified atom stereocenters. The maximum atomic E-state index is 13.8. The van der Waals surface area contributed by atoms with E-state index in [2.05, 4.69) is 21.9 Å². The van der Waals surface area contributed by atoms with Crippen LogP contribution in [-0.4, -0.2) is 43.4 Å². The fourth-order valence-corrected chi connectivity index (χ4v) is 4.88. The molecule has 160 valence electrons. The zero-order chi connectivity index (χ0) is 20.9. The number of hydrogen-bond donors (Lipinski definition) is 2. The predicted molar refractivity (Wildman–Crippen MR) is 111 cm³/mol. The second-order valence-electron chi connectivity index (χ2n) is 8.56. The molecule has 0 spiro atoms. The lowest BCUT2D eigenvalue weighted by Crippen LogP contribution is -2.55. The minimum absolute atomic E-state index is 0.122. The van der Waals surface area contributed by atoms with E-state index in [1.807, 2.05) is 17.9 Å². The molecule has 4 aliphatic rings. The molecule has 2 N–H and O–H groups in total. The highest BCUT2D eigenvalue weighted by atomic mass is 19.3. The smallest absolute Gasteiger partial charge is 0.262 e. The number of ether oxygens (including phenoxy) is 1. The maximum Gasteiger partial charge on any atom is 0.262 e. The Labute approximate surface area is 174 Å². The summed E-state index contributed by atoms with van der Waals surface area (Å²) in [6, 6.07) is 3.72. The van der Waals surface area contributed by atoms with E-state index in [4.69, 9.17) is 4.74 Å². The number of amidine groups is 1. The first-order valence-electron chi connectivity index (χ1n) is 10.7. The van der Waals surface area contributed by atoms with Gasteiger partial charge in [0.1, 0.15) is 18.4 Å². The Hall–Kier alpha value is -2.48. The quantitative estimate of drug-likeness (QED) is 0.776. The molecule has 1 amide bonds. The van der Waals surface area contributed by atoms with E-state index < -0.39 is 5.92 Å². The molecule has 3 aliphatic heterocycles. The highest BCUT2D eigenvalue weighted by Gasteiger charge is 2.37. The normalized spacial score (nSPS) is 26.0. The van der Waals surface area contributed by atoms with Gasteiger partial charge in [0, 0.05) is 12.8 Å². The van der Waals surface area contributed by atoms with Crippen LogP contribution in [0.2, 0.25) is 0 Å². The highest BCUT2D eigenvalue weighted by Crippen LogP contribution is 2.45. The minimum atomic E-state index is -2.62. The van der Waals surface area contributed by atoms with Gasteiger partial charge in [-0.05, 0) is 74.0 Å². The lowest BCUT2D eigenvalue weighted by Gasteiger charge is -2.39. The van der Waals surface area contributed by atoms with Crippen molar-refractivity contribution in [2.24, 2.45) is 5.10 Å². The van der Waals surface area contributed by atoms with Crippen molar-refractivity contribution >= 4 is 23.0 Å². The van der Waals surface area contributed by atoms with Gasteiger partial charge in [0.15, 0.2) is 5.84 Å². The highest BCUT2D eigenvalue weighted by molar-refractivity contribution is 6.09. The van der Waals surface area contributed by atoms with Crippen molar-refractivity contribution in [3.05, 3.63) is 29.3 Å². The Morgan fingerprint density at radius 2 is 2.07 bits per heavy atom. The maximum absolute atomic E-state index is 13.8. The lowest BCUT2D eigenvalue weighted by atomic mass is 9.81. The Morgan fingerprint density at radius 1 is 1.27 bits per heavy atom. The van der Waals surface area contributed by atoms with Gasteiger partial charge >= 0.3 is 0 Å². The molecule has 8 heteroatoms. The molecule has 1 aliphatic carbocycles. The van der Waals surface area contributed by atoms with Crippen LogP contribution >= 0.6 is 0 Å². The summed E-state index contributed by atoms with van der Waals surface area (Å²) in [5.74, 6) is -1.08. The van der Waals surface area contributed by atoms with Crippen molar-refractivity contribution in [3.63, 3.8) is 0 Å². The molecule has 30 heavy (non-hydrogen) atoms. The second-order valence-corrected chi connectivity index (χ2v) is 8.56. The number of carbonyl (C=O) groups is 1. The number of anilines is 1. The number of allylic oxidation sites excluding steroid dienone is 2. The third-order valence-corrected chi connectivity index (χ3v) is 6.62. The van der Waals surface area contributed by atoms with E-state index >= 15 is 0 Å². The molecule has 1 saturated heterocycles. The number of piperidine rings is 1. The number of carbonyl (C=O) groups excluding carboxylic acids is 1. The number of nitrogens with one attached hydrogen (secondary N) is 2. The molecule has 3 heterocycles. The Morgan fingerprint density at radius 3 is 2.80 bits per heavy atom. The third kappa shape index (κ3) is 3.37. The number of benzene rings is 1. The molecular weight excluding hydrogens is 390 g/mol. The molecule has 1 aromatic rings. The van der Waals surface area contributed by atoms with Crippen LogP contribution in [0.25, 0.3) is 5.57 Å². The van der Waals surface area contributed by atoms with E-state index in [1.54, 1.807) is 6.08 Å². The number of rotatable bonds is 2. The van der Waals surface area contributed by atoms with Gasteiger partial charge in [-0.1, -0.05) is 6.08 Å². The summed E-state index contributed by atoms with van der Waals surface area (Å²) in [6.45, 7) is 3.98. The van der Waals surface area contributed by atoms with Gasteiger partial charge in [-0.25, -0.2) is 14.2 Å². The summed E-state index contributed by atoms with van der Waals surface area (Å²) in [4.78, 5) is 14.2. The largest absolute Gasteiger partial charge is 0.483 e. The number of fused-ring (bicyclic) bond motifs is 3. The first-order valence-corrected chi connectivity index (χ1v) is 10.7. The number of hydrogen-bond acceptors (Lipinski definition) is 5. The Bertz CT molecular complexity index is 937. The fraction of sp³-hybridized carbons (Fsp3) is 0.545. The van der Waals surface area contributed by atoms with E-state index in [0.717, 1.165) is 48.3 Å². The predicted octanol–water partition coefficient (Wildman–Crippen LogP) is 3.39. The Balaban J connectivity index is 1.62. The summed E-state index contributed by atoms with van der Waals surface area (Å²) in [7, 11) is 0. The van der Waals surface area contributed by atoms with Crippen molar-refractivity contribution in [3.8, 4) is 5.75 Å². The van der Waals surface area contributed by atoms with Crippen LogP contribution in [0.5, 0.6) is 5.75 Å². The van der Waals surface area contributed by atoms with Crippen molar-refractivity contribution in [1.29, 1.82) is 0 Å². The summed E-state index contributed by atoms with van der Waals surface area (Å²) in [5, 5.41) is 7.56. The van der Waals surface area contributed by atoms with Crippen molar-refractivity contribution in [2.75, 3.05) is 24.6 Å². The second kappa shape index (κ2) is 7.34. The summed E-state index contributed by atoms with van der Waals surface area (Å²) in [5.41, 5.74) is 6.54. The first-order chi connectivity index (χ1) is 14.4. The van der Waals surface area contributed by atoms with Gasteiger partial charge in [-0.2, -0.15) is 5.10 Å². The Kier molecular flexibility index (Phi) is 4.76. The summed E-state index contributed by atoms with van der Waals surface area (Å²) in [6.07, 6.45) is 3.70. The molecule has 0 aromatic heterocycles. The SMILES string of the molecule is CC1C(=O)NN=C2COc3cc(C4=CCC(F)(F)CC4)c(C4CCNCC4)cc3N21. The number of amides is 1. The molecule has 0 saturated carbocycles. The molecule has 5 rings (SSSR count). The molecule has 0 radical (unpaired) electrons. The van der Waals surface area contributed by atoms with Crippen LogP contribution in [0.4, 0.5) is 14.5 Å². The van der Waals surface area contributed by atoms with Crippen molar-refractivity contribution < 1.29 is 18.3 Å². The molecule has 1 aromatic carbocycles. The van der Waals surface area contributed by atoms with Crippen LogP contribution in [0.1, 0.15) is 56.1 Å². The van der Waals surface area contributed by atoms with Crippen LogP contribution in [0.15, 0.2) is 23.3 Å².